The van der Waals surface area contributed by atoms with E-state index in [1.807, 2.05) is 0 Å². The number of carboxylic acids is 1. The minimum atomic E-state index is -1.03. The number of aromatic carboxylic acids is 1. The molecule has 0 aliphatic carbocycles. The fourth-order valence-corrected chi connectivity index (χ4v) is 1.17. The Hall–Kier alpha value is -1.82. The van der Waals surface area contributed by atoms with Gasteiger partial charge in [0, 0.05) is 6.54 Å². The third kappa shape index (κ3) is 3.60. The van der Waals surface area contributed by atoms with Crippen LogP contribution in [-0.2, 0) is 11.3 Å². The Morgan fingerprint density at radius 3 is 2.65 bits per heavy atom. The summed E-state index contributed by atoms with van der Waals surface area (Å²) < 4.78 is 5.04. The SMILES string of the molecule is CC(C)(CNCc1cc(C(=O)O)co1)C(N)=O. The molecule has 1 rings (SSSR count). The first-order valence-electron chi connectivity index (χ1n) is 5.14. The Bertz CT molecular complexity index is 423. The molecule has 1 amide bonds. The average molecular weight is 240 g/mol. The minimum absolute atomic E-state index is 0.107. The minimum Gasteiger partial charge on any atom is -0.478 e. The van der Waals surface area contributed by atoms with Crippen molar-refractivity contribution in [2.45, 2.75) is 20.4 Å². The molecule has 0 aliphatic heterocycles. The van der Waals surface area contributed by atoms with Gasteiger partial charge in [-0.05, 0) is 19.9 Å². The highest BCUT2D eigenvalue weighted by Crippen LogP contribution is 2.13. The first-order chi connectivity index (χ1) is 7.83. The molecule has 17 heavy (non-hydrogen) atoms. The molecule has 0 saturated heterocycles. The van der Waals surface area contributed by atoms with Crippen molar-refractivity contribution < 1.29 is 19.1 Å². The molecule has 0 spiro atoms. The van der Waals surface area contributed by atoms with E-state index in [9.17, 15) is 9.59 Å². The molecule has 1 heterocycles. The van der Waals surface area contributed by atoms with Crippen LogP contribution in [0.15, 0.2) is 16.7 Å². The van der Waals surface area contributed by atoms with Gasteiger partial charge in [0.25, 0.3) is 0 Å². The summed E-state index contributed by atoms with van der Waals surface area (Å²) in [7, 11) is 0. The number of furan rings is 1. The molecule has 0 fully saturated rings. The molecule has 0 bridgehead atoms. The van der Waals surface area contributed by atoms with Crippen LogP contribution in [0.3, 0.4) is 0 Å². The fraction of sp³-hybridized carbons (Fsp3) is 0.455. The summed E-state index contributed by atoms with van der Waals surface area (Å²) >= 11 is 0. The highest BCUT2D eigenvalue weighted by molar-refractivity contribution is 5.87. The molecule has 0 atom stereocenters. The quantitative estimate of drug-likeness (QED) is 0.674. The zero-order chi connectivity index (χ0) is 13.1. The Morgan fingerprint density at radius 2 is 2.18 bits per heavy atom. The van der Waals surface area contributed by atoms with E-state index in [1.165, 1.54) is 12.3 Å². The summed E-state index contributed by atoms with van der Waals surface area (Å²) in [5, 5.41) is 11.7. The molecule has 94 valence electrons. The van der Waals surface area contributed by atoms with Gasteiger partial charge in [0.2, 0.25) is 5.91 Å². The molecule has 4 N–H and O–H groups in total. The van der Waals surface area contributed by atoms with Crippen LogP contribution in [0.5, 0.6) is 0 Å². The molecule has 0 aliphatic rings. The first kappa shape index (κ1) is 13.2. The van der Waals surface area contributed by atoms with Crippen molar-refractivity contribution in [3.63, 3.8) is 0 Å². The molecular weight excluding hydrogens is 224 g/mol. The Labute approximate surface area is 98.8 Å². The van der Waals surface area contributed by atoms with Crippen LogP contribution in [0.25, 0.3) is 0 Å². The van der Waals surface area contributed by atoms with Crippen LogP contribution in [0, 0.1) is 5.41 Å². The number of carbonyl (C=O) groups is 2. The molecule has 0 aromatic carbocycles. The highest BCUT2D eigenvalue weighted by atomic mass is 16.4. The summed E-state index contributed by atoms with van der Waals surface area (Å²) in [6, 6.07) is 1.44. The van der Waals surface area contributed by atoms with Crippen LogP contribution in [0.4, 0.5) is 0 Å². The zero-order valence-corrected chi connectivity index (χ0v) is 9.82. The number of hydrogen-bond acceptors (Lipinski definition) is 4. The van der Waals surface area contributed by atoms with E-state index in [0.717, 1.165) is 0 Å². The van der Waals surface area contributed by atoms with Gasteiger partial charge in [-0.3, -0.25) is 4.79 Å². The normalized spacial score (nSPS) is 11.4. The van der Waals surface area contributed by atoms with E-state index in [1.54, 1.807) is 13.8 Å². The van der Waals surface area contributed by atoms with Gasteiger partial charge >= 0.3 is 5.97 Å². The third-order valence-electron chi connectivity index (χ3n) is 2.43. The third-order valence-corrected chi connectivity index (χ3v) is 2.43. The summed E-state index contributed by atoms with van der Waals surface area (Å²) in [6.07, 6.45) is 1.18. The Kier molecular flexibility index (Phi) is 3.90. The lowest BCUT2D eigenvalue weighted by Gasteiger charge is -2.20. The number of amides is 1. The maximum absolute atomic E-state index is 11.0. The molecule has 0 saturated carbocycles. The number of hydrogen-bond donors (Lipinski definition) is 3. The second kappa shape index (κ2) is 5.01. The monoisotopic (exact) mass is 240 g/mol. The van der Waals surface area contributed by atoms with Crippen molar-refractivity contribution in [1.82, 2.24) is 5.32 Å². The van der Waals surface area contributed by atoms with E-state index in [2.05, 4.69) is 5.32 Å². The lowest BCUT2D eigenvalue weighted by atomic mass is 9.93. The molecule has 6 nitrogen and oxygen atoms in total. The molecule has 0 radical (unpaired) electrons. The largest absolute Gasteiger partial charge is 0.478 e. The van der Waals surface area contributed by atoms with Gasteiger partial charge < -0.3 is 20.6 Å². The molecule has 0 unspecified atom stereocenters. The molecule has 1 aromatic rings. The second-order valence-corrected chi connectivity index (χ2v) is 4.46. The summed E-state index contributed by atoms with van der Waals surface area (Å²) in [4.78, 5) is 21.6. The van der Waals surface area contributed by atoms with Gasteiger partial charge in [-0.15, -0.1) is 0 Å². The van der Waals surface area contributed by atoms with Crippen molar-refractivity contribution in [2.24, 2.45) is 11.1 Å². The van der Waals surface area contributed by atoms with Gasteiger partial charge in [0.15, 0.2) is 0 Å². The number of carbonyl (C=O) groups excluding carboxylic acids is 1. The molecule has 1 aromatic heterocycles. The Balaban J connectivity index is 2.46. The number of nitrogens with one attached hydrogen (secondary N) is 1. The van der Waals surface area contributed by atoms with Crippen molar-refractivity contribution in [1.29, 1.82) is 0 Å². The second-order valence-electron chi connectivity index (χ2n) is 4.46. The summed E-state index contributed by atoms with van der Waals surface area (Å²) in [5.41, 5.74) is 4.67. The van der Waals surface area contributed by atoms with Gasteiger partial charge in [0.1, 0.15) is 12.0 Å². The van der Waals surface area contributed by atoms with E-state index in [4.69, 9.17) is 15.3 Å². The lowest BCUT2D eigenvalue weighted by Crippen LogP contribution is -2.40. The van der Waals surface area contributed by atoms with E-state index >= 15 is 0 Å². The molecule has 6 heteroatoms. The van der Waals surface area contributed by atoms with Crippen molar-refractivity contribution in [3.8, 4) is 0 Å². The fourth-order valence-electron chi connectivity index (χ4n) is 1.17. The number of carboxylic acid groups (broad SMARTS) is 1. The number of primary amides is 1. The Morgan fingerprint density at radius 1 is 1.53 bits per heavy atom. The predicted octanol–water partition coefficient (Wildman–Crippen LogP) is 0.579. The van der Waals surface area contributed by atoms with Crippen LogP contribution >= 0.6 is 0 Å². The zero-order valence-electron chi connectivity index (χ0n) is 9.82. The number of nitrogens with two attached hydrogens (primary N) is 1. The van der Waals surface area contributed by atoms with Gasteiger partial charge in [-0.1, -0.05) is 0 Å². The predicted molar refractivity (Wildman–Crippen MR) is 60.3 cm³/mol. The topological polar surface area (TPSA) is 106 Å². The lowest BCUT2D eigenvalue weighted by molar-refractivity contribution is -0.125. The summed E-state index contributed by atoms with van der Waals surface area (Å²) in [6.45, 7) is 4.20. The van der Waals surface area contributed by atoms with E-state index < -0.39 is 17.3 Å². The smallest absolute Gasteiger partial charge is 0.338 e. The van der Waals surface area contributed by atoms with Crippen molar-refractivity contribution in [2.75, 3.05) is 6.54 Å². The van der Waals surface area contributed by atoms with Crippen molar-refractivity contribution in [3.05, 3.63) is 23.7 Å². The number of rotatable bonds is 6. The average Bonchev–Trinajstić information content (AvgIpc) is 2.66. The highest BCUT2D eigenvalue weighted by Gasteiger charge is 2.24. The molecular formula is C11H16N2O4. The van der Waals surface area contributed by atoms with E-state index in [0.29, 0.717) is 18.8 Å². The van der Waals surface area contributed by atoms with Crippen LogP contribution in [0.1, 0.15) is 30.0 Å². The van der Waals surface area contributed by atoms with Gasteiger partial charge in [-0.2, -0.15) is 0 Å². The van der Waals surface area contributed by atoms with Gasteiger partial charge in [-0.25, -0.2) is 4.79 Å². The van der Waals surface area contributed by atoms with Crippen molar-refractivity contribution >= 4 is 11.9 Å². The summed E-state index contributed by atoms with van der Waals surface area (Å²) in [5.74, 6) is -0.921. The van der Waals surface area contributed by atoms with E-state index in [-0.39, 0.29) is 5.56 Å². The van der Waals surface area contributed by atoms with Gasteiger partial charge in [0.05, 0.1) is 17.5 Å². The first-order valence-corrected chi connectivity index (χ1v) is 5.14. The maximum atomic E-state index is 11.0. The standard InChI is InChI=1S/C11H16N2O4/c1-11(2,10(12)16)6-13-4-8-3-7(5-17-8)9(14)15/h3,5,13H,4,6H2,1-2H3,(H2,12,16)(H,14,15). The van der Waals surface area contributed by atoms with Crippen LogP contribution in [-0.4, -0.2) is 23.5 Å². The van der Waals surface area contributed by atoms with Crippen LogP contribution < -0.4 is 11.1 Å². The van der Waals surface area contributed by atoms with Crippen LogP contribution in [0.2, 0.25) is 0 Å². The maximum Gasteiger partial charge on any atom is 0.338 e.